The Labute approximate surface area is 176 Å². The molecule has 0 aliphatic rings. The molecule has 154 valence electrons. The molecule has 0 heterocycles. The molecule has 1 amide bonds. The molecule has 1 unspecified atom stereocenters. The number of aryl methyl sites for hydroxylation is 3. The zero-order chi connectivity index (χ0) is 21.7. The highest BCUT2D eigenvalue weighted by atomic mass is 16.6. The topological polar surface area (TPSA) is 64.6 Å². The molecule has 0 bridgehead atoms. The standard InChI is InChI=1S/C25H25NO4/c1-16-6-5-7-22(15-16)29-19(4)25(28)30-21-11-9-20(10-12-21)24(27)26-23-13-8-17(2)14-18(23)3/h5-15,19H,1-4H3,(H,26,27). The van der Waals surface area contributed by atoms with Crippen LogP contribution in [-0.4, -0.2) is 18.0 Å². The predicted octanol–water partition coefficient (Wildman–Crippen LogP) is 5.24. The number of rotatable bonds is 6. The van der Waals surface area contributed by atoms with Crippen molar-refractivity contribution in [1.82, 2.24) is 0 Å². The molecule has 3 aromatic carbocycles. The summed E-state index contributed by atoms with van der Waals surface area (Å²) in [7, 11) is 0. The molecule has 3 aromatic rings. The quantitative estimate of drug-likeness (QED) is 0.452. The van der Waals surface area contributed by atoms with Crippen LogP contribution in [0, 0.1) is 20.8 Å². The molecule has 5 heteroatoms. The first-order valence-electron chi connectivity index (χ1n) is 9.75. The lowest BCUT2D eigenvalue weighted by Gasteiger charge is -2.14. The molecule has 1 atom stereocenters. The zero-order valence-electron chi connectivity index (χ0n) is 17.6. The highest BCUT2D eigenvalue weighted by molar-refractivity contribution is 6.04. The van der Waals surface area contributed by atoms with E-state index in [1.807, 2.05) is 57.2 Å². The van der Waals surface area contributed by atoms with Crippen LogP contribution in [0.2, 0.25) is 0 Å². The summed E-state index contributed by atoms with van der Waals surface area (Å²) in [6.07, 6.45) is -0.765. The van der Waals surface area contributed by atoms with E-state index in [1.165, 1.54) is 0 Å². The fourth-order valence-electron chi connectivity index (χ4n) is 2.96. The lowest BCUT2D eigenvalue weighted by Crippen LogP contribution is -2.28. The van der Waals surface area contributed by atoms with Gasteiger partial charge in [-0.2, -0.15) is 0 Å². The number of benzene rings is 3. The Morgan fingerprint density at radius 3 is 2.20 bits per heavy atom. The molecular weight excluding hydrogens is 378 g/mol. The monoisotopic (exact) mass is 403 g/mol. The van der Waals surface area contributed by atoms with Gasteiger partial charge in [0.25, 0.3) is 5.91 Å². The lowest BCUT2D eigenvalue weighted by molar-refractivity contribution is -0.141. The van der Waals surface area contributed by atoms with Gasteiger partial charge in [-0.15, -0.1) is 0 Å². The van der Waals surface area contributed by atoms with Gasteiger partial charge in [0.1, 0.15) is 11.5 Å². The van der Waals surface area contributed by atoms with Gasteiger partial charge in [0, 0.05) is 11.3 Å². The highest BCUT2D eigenvalue weighted by Crippen LogP contribution is 2.19. The molecule has 0 aromatic heterocycles. The van der Waals surface area contributed by atoms with E-state index < -0.39 is 12.1 Å². The van der Waals surface area contributed by atoms with Crippen LogP contribution >= 0.6 is 0 Å². The lowest BCUT2D eigenvalue weighted by atomic mass is 10.1. The van der Waals surface area contributed by atoms with Gasteiger partial charge in [-0.3, -0.25) is 4.79 Å². The van der Waals surface area contributed by atoms with Crippen molar-refractivity contribution in [2.24, 2.45) is 0 Å². The van der Waals surface area contributed by atoms with E-state index in [9.17, 15) is 9.59 Å². The first-order chi connectivity index (χ1) is 14.3. The Kier molecular flexibility index (Phi) is 6.52. The van der Waals surface area contributed by atoms with Gasteiger partial charge in [0.05, 0.1) is 0 Å². The molecule has 0 aliphatic heterocycles. The summed E-state index contributed by atoms with van der Waals surface area (Å²) in [5.74, 6) is 0.223. The number of nitrogens with one attached hydrogen (secondary N) is 1. The van der Waals surface area contributed by atoms with Crippen molar-refractivity contribution in [1.29, 1.82) is 0 Å². The van der Waals surface area contributed by atoms with E-state index in [2.05, 4.69) is 5.32 Å². The maximum absolute atomic E-state index is 12.5. The van der Waals surface area contributed by atoms with E-state index >= 15 is 0 Å². The van der Waals surface area contributed by atoms with Crippen LogP contribution in [-0.2, 0) is 4.79 Å². The highest BCUT2D eigenvalue weighted by Gasteiger charge is 2.18. The van der Waals surface area contributed by atoms with Crippen LogP contribution < -0.4 is 14.8 Å². The third-order valence-electron chi connectivity index (χ3n) is 4.60. The molecule has 0 saturated carbocycles. The van der Waals surface area contributed by atoms with E-state index in [-0.39, 0.29) is 5.91 Å². The van der Waals surface area contributed by atoms with E-state index in [1.54, 1.807) is 37.3 Å². The fourth-order valence-corrected chi connectivity index (χ4v) is 2.96. The molecule has 0 saturated heterocycles. The van der Waals surface area contributed by atoms with Crippen molar-refractivity contribution in [2.45, 2.75) is 33.8 Å². The average Bonchev–Trinajstić information content (AvgIpc) is 2.70. The number of esters is 1. The summed E-state index contributed by atoms with van der Waals surface area (Å²) < 4.78 is 11.0. The molecule has 3 rings (SSSR count). The van der Waals surface area contributed by atoms with Crippen molar-refractivity contribution >= 4 is 17.6 Å². The molecule has 1 N–H and O–H groups in total. The molecular formula is C25H25NO4. The van der Waals surface area contributed by atoms with Gasteiger partial charge < -0.3 is 14.8 Å². The smallest absolute Gasteiger partial charge is 0.352 e. The Balaban J connectivity index is 1.59. The van der Waals surface area contributed by atoms with Gasteiger partial charge in [0.15, 0.2) is 6.10 Å². The normalized spacial score (nSPS) is 11.5. The Morgan fingerprint density at radius 1 is 0.833 bits per heavy atom. The minimum Gasteiger partial charge on any atom is -0.479 e. The van der Waals surface area contributed by atoms with Gasteiger partial charge in [-0.1, -0.05) is 29.8 Å². The Morgan fingerprint density at radius 2 is 1.53 bits per heavy atom. The minimum atomic E-state index is -0.765. The van der Waals surface area contributed by atoms with Crippen LogP contribution in [0.15, 0.2) is 66.7 Å². The van der Waals surface area contributed by atoms with Crippen LogP contribution in [0.5, 0.6) is 11.5 Å². The van der Waals surface area contributed by atoms with E-state index in [0.717, 1.165) is 22.4 Å². The summed E-state index contributed by atoms with van der Waals surface area (Å²) in [6.45, 7) is 7.54. The SMILES string of the molecule is Cc1cccc(OC(C)C(=O)Oc2ccc(C(=O)Nc3ccc(C)cc3C)cc2)c1. The number of anilines is 1. The molecule has 0 aliphatic carbocycles. The molecule has 0 spiro atoms. The second-order valence-electron chi connectivity index (χ2n) is 7.29. The van der Waals surface area contributed by atoms with Crippen LogP contribution in [0.25, 0.3) is 0 Å². The van der Waals surface area contributed by atoms with Gasteiger partial charge in [0.2, 0.25) is 0 Å². The van der Waals surface area contributed by atoms with Crippen LogP contribution in [0.1, 0.15) is 34.0 Å². The summed E-state index contributed by atoms with van der Waals surface area (Å²) in [6, 6.07) is 19.7. The molecule has 5 nitrogen and oxygen atoms in total. The summed E-state index contributed by atoms with van der Waals surface area (Å²) >= 11 is 0. The third-order valence-corrected chi connectivity index (χ3v) is 4.60. The van der Waals surface area contributed by atoms with Crippen LogP contribution in [0.3, 0.4) is 0 Å². The number of amides is 1. The Bertz CT molecular complexity index is 1060. The predicted molar refractivity (Wildman–Crippen MR) is 117 cm³/mol. The molecule has 0 fully saturated rings. The van der Waals surface area contributed by atoms with Crippen molar-refractivity contribution in [3.8, 4) is 11.5 Å². The summed E-state index contributed by atoms with van der Waals surface area (Å²) in [5.41, 5.74) is 4.42. The largest absolute Gasteiger partial charge is 0.479 e. The summed E-state index contributed by atoms with van der Waals surface area (Å²) in [4.78, 5) is 24.8. The van der Waals surface area contributed by atoms with Gasteiger partial charge >= 0.3 is 5.97 Å². The first kappa shape index (κ1) is 21.1. The van der Waals surface area contributed by atoms with Crippen molar-refractivity contribution < 1.29 is 19.1 Å². The number of hydrogen-bond acceptors (Lipinski definition) is 4. The maximum Gasteiger partial charge on any atom is 0.352 e. The number of hydrogen-bond donors (Lipinski definition) is 1. The number of ether oxygens (including phenoxy) is 2. The van der Waals surface area contributed by atoms with Crippen molar-refractivity contribution in [3.63, 3.8) is 0 Å². The fraction of sp³-hybridized carbons (Fsp3) is 0.200. The van der Waals surface area contributed by atoms with Crippen LogP contribution in [0.4, 0.5) is 5.69 Å². The average molecular weight is 403 g/mol. The maximum atomic E-state index is 12.5. The molecule has 30 heavy (non-hydrogen) atoms. The second-order valence-corrected chi connectivity index (χ2v) is 7.29. The summed E-state index contributed by atoms with van der Waals surface area (Å²) in [5, 5.41) is 2.90. The number of carbonyl (C=O) groups is 2. The minimum absolute atomic E-state index is 0.226. The zero-order valence-corrected chi connectivity index (χ0v) is 17.6. The Hall–Kier alpha value is -3.60. The first-order valence-corrected chi connectivity index (χ1v) is 9.75. The third kappa shape index (κ3) is 5.47. The van der Waals surface area contributed by atoms with Crippen molar-refractivity contribution in [2.75, 3.05) is 5.32 Å². The van der Waals surface area contributed by atoms with E-state index in [4.69, 9.17) is 9.47 Å². The number of carbonyl (C=O) groups excluding carboxylic acids is 2. The van der Waals surface area contributed by atoms with Gasteiger partial charge in [-0.25, -0.2) is 4.79 Å². The molecule has 0 radical (unpaired) electrons. The van der Waals surface area contributed by atoms with Crippen molar-refractivity contribution in [3.05, 3.63) is 89.0 Å². The van der Waals surface area contributed by atoms with Gasteiger partial charge in [-0.05, 0) is 81.3 Å². The second kappa shape index (κ2) is 9.27. The van der Waals surface area contributed by atoms with E-state index in [0.29, 0.717) is 17.1 Å².